The van der Waals surface area contributed by atoms with Gasteiger partial charge in [0.1, 0.15) is 11.6 Å². The minimum atomic E-state index is -0.513. The van der Waals surface area contributed by atoms with E-state index in [9.17, 15) is 8.78 Å². The number of allylic oxidation sites excluding steroid dienone is 2. The van der Waals surface area contributed by atoms with Gasteiger partial charge in [-0.05, 0) is 100.0 Å². The number of pyridine rings is 1. The molecule has 3 aromatic rings. The molecule has 0 unspecified atom stereocenters. The summed E-state index contributed by atoms with van der Waals surface area (Å²) in [6, 6.07) is 15.7. The average Bonchev–Trinajstić information content (AvgIpc) is 3.50. The van der Waals surface area contributed by atoms with Gasteiger partial charge in [-0.2, -0.15) is 0 Å². The third-order valence-corrected chi connectivity index (χ3v) is 12.7. The summed E-state index contributed by atoms with van der Waals surface area (Å²) in [5, 5.41) is 15.2. The number of guanidine groups is 1. The molecule has 6 heterocycles. The number of fused-ring (bicyclic) bond motifs is 5. The zero-order valence-corrected chi connectivity index (χ0v) is 33.8. The molecule has 2 aromatic carbocycles. The molecule has 0 saturated carbocycles. The molecule has 8 rings (SSSR count). The van der Waals surface area contributed by atoms with Gasteiger partial charge in [-0.25, -0.2) is 13.8 Å². The fourth-order valence-electron chi connectivity index (χ4n) is 9.44. The molecule has 10 nitrogen and oxygen atoms in total. The van der Waals surface area contributed by atoms with Crippen LogP contribution in [0.3, 0.4) is 0 Å². The normalized spacial score (nSPS) is 24.4. The van der Waals surface area contributed by atoms with Crippen molar-refractivity contribution >= 4 is 40.5 Å². The first kappa shape index (κ1) is 39.2. The Morgan fingerprint density at radius 3 is 2.32 bits per heavy atom. The van der Waals surface area contributed by atoms with Crippen LogP contribution in [-0.2, 0) is 6.54 Å². The molecular weight excluding hydrogens is 719 g/mol. The van der Waals surface area contributed by atoms with E-state index in [0.717, 1.165) is 137 Å². The van der Waals surface area contributed by atoms with Gasteiger partial charge >= 0.3 is 0 Å². The van der Waals surface area contributed by atoms with Crippen LogP contribution in [0.15, 0.2) is 65.8 Å². The maximum absolute atomic E-state index is 13.7. The Morgan fingerprint density at radius 2 is 1.61 bits per heavy atom. The molecule has 1 aromatic heterocycles. The highest BCUT2D eigenvalue weighted by molar-refractivity contribution is 6.16. The third kappa shape index (κ3) is 8.78. The molecule has 2 bridgehead atoms. The number of likely N-dealkylation sites (tertiary alicyclic amines) is 1. The minimum absolute atomic E-state index is 0.452. The predicted molar refractivity (Wildman–Crippen MR) is 229 cm³/mol. The highest BCUT2D eigenvalue weighted by atomic mass is 19.1. The van der Waals surface area contributed by atoms with Gasteiger partial charge in [0.05, 0.1) is 22.8 Å². The third-order valence-electron chi connectivity index (χ3n) is 12.7. The quantitative estimate of drug-likeness (QED) is 0.218. The van der Waals surface area contributed by atoms with Crippen LogP contribution in [-0.4, -0.2) is 110 Å². The lowest BCUT2D eigenvalue weighted by Crippen LogP contribution is -2.64. The lowest BCUT2D eigenvalue weighted by Gasteiger charge is -2.50. The number of nitrogens with zero attached hydrogens (tertiary/aromatic N) is 7. The summed E-state index contributed by atoms with van der Waals surface area (Å²) in [4.78, 5) is 22.2. The highest BCUT2D eigenvalue weighted by Gasteiger charge is 2.36. The number of piperidine rings is 1. The van der Waals surface area contributed by atoms with E-state index in [2.05, 4.69) is 66.8 Å². The summed E-state index contributed by atoms with van der Waals surface area (Å²) in [6.07, 6.45) is 7.89. The fraction of sp³-hybridized carbons (Fsp3) is 0.489. The maximum atomic E-state index is 13.7. The molecule has 0 aliphatic carbocycles. The molecule has 1 atom stereocenters. The van der Waals surface area contributed by atoms with Crippen molar-refractivity contribution in [2.45, 2.75) is 71.0 Å². The predicted octanol–water partition coefficient (Wildman–Crippen LogP) is 7.19. The van der Waals surface area contributed by atoms with E-state index in [1.165, 1.54) is 42.4 Å². The van der Waals surface area contributed by atoms with Gasteiger partial charge in [0, 0.05) is 112 Å². The van der Waals surface area contributed by atoms with Crippen LogP contribution in [0.4, 0.5) is 25.8 Å². The van der Waals surface area contributed by atoms with Gasteiger partial charge in [-0.15, -0.1) is 0 Å². The molecule has 57 heavy (non-hydrogen) atoms. The fourth-order valence-corrected chi connectivity index (χ4v) is 9.44. The monoisotopic (exact) mass is 776 g/mol. The standard InChI is InChI=1S/C45H58F2N10/c1-30-7-5-6-8-41(49-4)40(25-48)43-21-34(19-31(2)50-43)32(3)51-45-52-42-10-9-33(20-44(42)57(45)26-30)27-53-13-11-37(12-14-53)54-15-17-55(18-16-54)39-28-56(29-39)38-23-35(46)22-36(47)24-38/h9-10,19-25,30,37,39,48-49H,3,5-8,11-18,26-29H2,1-2,4H3,(H,51,52)/b41-40+,48-25?/t30-/m1/s1. The number of halogens is 2. The van der Waals surface area contributed by atoms with Crippen LogP contribution in [0.25, 0.3) is 11.3 Å². The molecule has 302 valence electrons. The summed E-state index contributed by atoms with van der Waals surface area (Å²) in [7, 11) is 1.93. The lowest BCUT2D eigenvalue weighted by molar-refractivity contribution is 0.0356. The molecule has 3 saturated heterocycles. The molecule has 5 aliphatic rings. The van der Waals surface area contributed by atoms with Crippen molar-refractivity contribution in [2.24, 2.45) is 10.9 Å². The number of hydrogen-bond acceptors (Lipinski definition) is 10. The zero-order valence-electron chi connectivity index (χ0n) is 33.8. The number of aliphatic imine (C=N–C) groups is 1. The number of benzene rings is 2. The number of hydrogen-bond donors (Lipinski definition) is 3. The Morgan fingerprint density at radius 1 is 0.895 bits per heavy atom. The second-order valence-electron chi connectivity index (χ2n) is 16.8. The summed E-state index contributed by atoms with van der Waals surface area (Å²) in [5.41, 5.74) is 9.28. The van der Waals surface area contributed by atoms with Crippen molar-refractivity contribution < 1.29 is 8.78 Å². The maximum Gasteiger partial charge on any atom is 0.208 e. The number of piperazine rings is 1. The molecule has 12 heteroatoms. The topological polar surface area (TPSA) is 89.4 Å². The Kier molecular flexibility index (Phi) is 11.7. The van der Waals surface area contributed by atoms with Crippen LogP contribution in [0.5, 0.6) is 0 Å². The number of rotatable bonds is 7. The van der Waals surface area contributed by atoms with Crippen LogP contribution in [0.2, 0.25) is 0 Å². The van der Waals surface area contributed by atoms with E-state index < -0.39 is 11.6 Å². The summed E-state index contributed by atoms with van der Waals surface area (Å²) in [6.45, 7) is 18.6. The summed E-state index contributed by atoms with van der Waals surface area (Å²) >= 11 is 0. The Hall–Kier alpha value is -4.65. The zero-order chi connectivity index (χ0) is 39.6. The van der Waals surface area contributed by atoms with E-state index in [1.807, 2.05) is 26.1 Å². The first-order valence-electron chi connectivity index (χ1n) is 20.9. The van der Waals surface area contributed by atoms with E-state index in [0.29, 0.717) is 29.4 Å². The van der Waals surface area contributed by atoms with Gasteiger partial charge < -0.3 is 25.8 Å². The first-order chi connectivity index (χ1) is 27.6. The number of aryl methyl sites for hydroxylation is 1. The van der Waals surface area contributed by atoms with Gasteiger partial charge in [0.25, 0.3) is 0 Å². The Balaban J connectivity index is 0.886. The van der Waals surface area contributed by atoms with Gasteiger partial charge in [0.2, 0.25) is 5.96 Å². The molecule has 3 N–H and O–H groups in total. The van der Waals surface area contributed by atoms with E-state index in [-0.39, 0.29) is 0 Å². The number of anilines is 3. The van der Waals surface area contributed by atoms with Crippen LogP contribution < -0.4 is 20.4 Å². The molecule has 5 aliphatic heterocycles. The molecular formula is C45H58F2N10. The second kappa shape index (κ2) is 17.1. The SMILES string of the molecule is C=C1/N=C2\Nc3ccc(CN4CCC(N5CCN(C6CN(c7cc(F)cc(F)c7)C6)CC5)CC4)cc3N2C[C@H](C)CCCC/C(NC)=C(/C=N)c2cc1cc(C)n2. The first-order valence-corrected chi connectivity index (χ1v) is 20.9. The lowest BCUT2D eigenvalue weighted by atomic mass is 9.99. The number of nitrogens with one attached hydrogen (secondary N) is 3. The number of aromatic nitrogens is 1. The van der Waals surface area contributed by atoms with Crippen molar-refractivity contribution in [1.82, 2.24) is 25.0 Å². The van der Waals surface area contributed by atoms with Crippen molar-refractivity contribution in [3.8, 4) is 0 Å². The van der Waals surface area contributed by atoms with Crippen molar-refractivity contribution in [1.29, 1.82) is 5.41 Å². The largest absolute Gasteiger partial charge is 0.391 e. The average molecular weight is 777 g/mol. The van der Waals surface area contributed by atoms with E-state index >= 15 is 0 Å². The highest BCUT2D eigenvalue weighted by Crippen LogP contribution is 2.37. The van der Waals surface area contributed by atoms with Crippen molar-refractivity contribution in [2.75, 3.05) is 81.1 Å². The van der Waals surface area contributed by atoms with E-state index in [1.54, 1.807) is 0 Å². The van der Waals surface area contributed by atoms with Crippen LogP contribution in [0.1, 0.15) is 68.0 Å². The van der Waals surface area contributed by atoms with Crippen LogP contribution in [0, 0.1) is 29.9 Å². The molecule has 3 fully saturated rings. The summed E-state index contributed by atoms with van der Waals surface area (Å²) in [5.74, 6) is 0.234. The van der Waals surface area contributed by atoms with Gasteiger partial charge in [-0.1, -0.05) is 26.0 Å². The molecule has 0 spiro atoms. The smallest absolute Gasteiger partial charge is 0.208 e. The van der Waals surface area contributed by atoms with E-state index in [4.69, 9.17) is 15.4 Å². The summed E-state index contributed by atoms with van der Waals surface area (Å²) < 4.78 is 27.5. The Bertz CT molecular complexity index is 2000. The van der Waals surface area contributed by atoms with Crippen LogP contribution >= 0.6 is 0 Å². The molecule has 0 radical (unpaired) electrons. The van der Waals surface area contributed by atoms with Gasteiger partial charge in [-0.3, -0.25) is 19.7 Å². The van der Waals surface area contributed by atoms with Crippen molar-refractivity contribution in [3.63, 3.8) is 0 Å². The van der Waals surface area contributed by atoms with Crippen molar-refractivity contribution in [3.05, 3.63) is 95.0 Å². The minimum Gasteiger partial charge on any atom is -0.391 e. The Labute approximate surface area is 336 Å². The second-order valence-corrected chi connectivity index (χ2v) is 16.8. The molecule has 0 amide bonds. The van der Waals surface area contributed by atoms with Gasteiger partial charge in [0.15, 0.2) is 0 Å².